The van der Waals surface area contributed by atoms with E-state index >= 15 is 0 Å². The maximum atomic E-state index is 12.7. The minimum absolute atomic E-state index is 0.0302. The van der Waals surface area contributed by atoms with Crippen LogP contribution < -0.4 is 0 Å². The third-order valence-corrected chi connectivity index (χ3v) is 5.31. The molecule has 0 aromatic rings. The lowest BCUT2D eigenvalue weighted by atomic mass is 9.86. The number of hydrogen-bond acceptors (Lipinski definition) is 2. The molecule has 3 aliphatic rings. The van der Waals surface area contributed by atoms with Crippen LogP contribution in [-0.4, -0.2) is 34.0 Å². The van der Waals surface area contributed by atoms with E-state index < -0.39 is 5.97 Å². The number of fused-ring (bicyclic) bond motifs is 2. The molecule has 2 bridgehead atoms. The fourth-order valence-corrected chi connectivity index (χ4v) is 4.25. The van der Waals surface area contributed by atoms with Gasteiger partial charge in [-0.1, -0.05) is 19.8 Å². The van der Waals surface area contributed by atoms with E-state index in [1.165, 1.54) is 0 Å². The van der Waals surface area contributed by atoms with E-state index in [1.807, 2.05) is 4.90 Å². The first-order valence-electron chi connectivity index (χ1n) is 7.08. The molecule has 0 aromatic carbocycles. The zero-order valence-corrected chi connectivity index (χ0v) is 10.9. The van der Waals surface area contributed by atoms with Crippen LogP contribution in [0.25, 0.3) is 0 Å². The van der Waals surface area contributed by atoms with E-state index in [0.717, 1.165) is 38.5 Å². The van der Waals surface area contributed by atoms with Crippen LogP contribution in [0.15, 0.2) is 0 Å². The van der Waals surface area contributed by atoms with Crippen molar-refractivity contribution < 1.29 is 14.7 Å². The van der Waals surface area contributed by atoms with Crippen molar-refractivity contribution in [2.24, 2.45) is 11.3 Å². The van der Waals surface area contributed by atoms with E-state index in [0.29, 0.717) is 6.42 Å². The summed E-state index contributed by atoms with van der Waals surface area (Å²) in [5.74, 6) is -0.814. The monoisotopic (exact) mass is 251 g/mol. The first kappa shape index (κ1) is 12.0. The fourth-order valence-electron chi connectivity index (χ4n) is 4.25. The average molecular weight is 251 g/mol. The van der Waals surface area contributed by atoms with Crippen LogP contribution in [0, 0.1) is 11.3 Å². The molecule has 4 nitrogen and oxygen atoms in total. The number of amides is 1. The Labute approximate surface area is 107 Å². The topological polar surface area (TPSA) is 57.6 Å². The number of carboxylic acids is 1. The van der Waals surface area contributed by atoms with E-state index in [1.54, 1.807) is 0 Å². The van der Waals surface area contributed by atoms with Gasteiger partial charge in [0.05, 0.1) is 5.92 Å². The second-order valence-corrected chi connectivity index (χ2v) is 6.46. The van der Waals surface area contributed by atoms with Crippen LogP contribution in [0.2, 0.25) is 0 Å². The van der Waals surface area contributed by atoms with Gasteiger partial charge in [-0.2, -0.15) is 0 Å². The Morgan fingerprint density at radius 2 is 1.89 bits per heavy atom. The van der Waals surface area contributed by atoms with Crippen molar-refractivity contribution in [1.82, 2.24) is 4.90 Å². The van der Waals surface area contributed by atoms with Gasteiger partial charge in [0.2, 0.25) is 5.91 Å². The zero-order valence-electron chi connectivity index (χ0n) is 10.9. The van der Waals surface area contributed by atoms with Crippen molar-refractivity contribution in [3.63, 3.8) is 0 Å². The van der Waals surface area contributed by atoms with Gasteiger partial charge in [-0.25, -0.2) is 0 Å². The number of hydrogen-bond donors (Lipinski definition) is 1. The van der Waals surface area contributed by atoms with Crippen LogP contribution in [0.3, 0.4) is 0 Å². The second kappa shape index (κ2) is 3.97. The average Bonchev–Trinajstić information content (AvgIpc) is 3.02. The van der Waals surface area contributed by atoms with E-state index in [9.17, 15) is 14.7 Å². The van der Waals surface area contributed by atoms with Gasteiger partial charge in [-0.15, -0.1) is 0 Å². The molecule has 4 heteroatoms. The van der Waals surface area contributed by atoms with Gasteiger partial charge in [0.15, 0.2) is 0 Å². The summed E-state index contributed by atoms with van der Waals surface area (Å²) >= 11 is 0. The Morgan fingerprint density at radius 3 is 2.44 bits per heavy atom. The van der Waals surface area contributed by atoms with Gasteiger partial charge in [0, 0.05) is 17.5 Å². The largest absolute Gasteiger partial charge is 0.481 e. The van der Waals surface area contributed by atoms with Crippen LogP contribution >= 0.6 is 0 Å². The standard InChI is InChI=1S/C14H21NO3/c1-14(6-2-3-7-14)13(18)15-9-4-5-11(15)10(8-9)12(16)17/h9-11H,2-8H2,1H3,(H,16,17). The molecule has 1 aliphatic carbocycles. The molecule has 2 heterocycles. The molecule has 1 saturated carbocycles. The molecule has 3 fully saturated rings. The molecule has 0 spiro atoms. The summed E-state index contributed by atoms with van der Waals surface area (Å²) in [7, 11) is 0. The summed E-state index contributed by atoms with van der Waals surface area (Å²) in [5.41, 5.74) is -0.214. The third kappa shape index (κ3) is 1.57. The highest BCUT2D eigenvalue weighted by atomic mass is 16.4. The van der Waals surface area contributed by atoms with E-state index in [-0.39, 0.29) is 29.3 Å². The first-order valence-corrected chi connectivity index (χ1v) is 7.08. The zero-order chi connectivity index (χ0) is 12.9. The summed E-state index contributed by atoms with van der Waals surface area (Å²) < 4.78 is 0. The Morgan fingerprint density at radius 1 is 1.22 bits per heavy atom. The molecule has 100 valence electrons. The SMILES string of the molecule is CC1(C(=O)N2C3CCC2C(C(=O)O)C3)CCCC1. The molecular weight excluding hydrogens is 230 g/mol. The lowest BCUT2D eigenvalue weighted by Crippen LogP contribution is -2.45. The predicted molar refractivity (Wildman–Crippen MR) is 66.0 cm³/mol. The third-order valence-electron chi connectivity index (χ3n) is 5.31. The van der Waals surface area contributed by atoms with Crippen LogP contribution in [-0.2, 0) is 9.59 Å². The number of aliphatic carboxylic acids is 1. The van der Waals surface area contributed by atoms with Crippen LogP contribution in [0.5, 0.6) is 0 Å². The summed E-state index contributed by atoms with van der Waals surface area (Å²) in [6, 6.07) is 0.165. The van der Waals surface area contributed by atoms with Crippen molar-refractivity contribution in [3.8, 4) is 0 Å². The Bertz CT molecular complexity index is 387. The minimum atomic E-state index is -0.725. The van der Waals surface area contributed by atoms with Crippen LogP contribution in [0.1, 0.15) is 51.9 Å². The molecule has 1 N–H and O–H groups in total. The van der Waals surface area contributed by atoms with Gasteiger partial charge in [-0.3, -0.25) is 9.59 Å². The summed E-state index contributed by atoms with van der Waals surface area (Å²) in [5, 5.41) is 9.23. The van der Waals surface area contributed by atoms with Crippen molar-refractivity contribution in [2.45, 2.75) is 64.0 Å². The Hall–Kier alpha value is -1.06. The Balaban J connectivity index is 1.81. The van der Waals surface area contributed by atoms with E-state index in [2.05, 4.69) is 6.92 Å². The molecule has 3 atom stereocenters. The number of carbonyl (C=O) groups excluding carboxylic acids is 1. The number of nitrogens with zero attached hydrogens (tertiary/aromatic N) is 1. The van der Waals surface area contributed by atoms with E-state index in [4.69, 9.17) is 0 Å². The summed E-state index contributed by atoms with van der Waals surface area (Å²) in [6.07, 6.45) is 6.75. The molecule has 2 saturated heterocycles. The molecular formula is C14H21NO3. The fraction of sp³-hybridized carbons (Fsp3) is 0.857. The number of carboxylic acid groups (broad SMARTS) is 1. The lowest BCUT2D eigenvalue weighted by Gasteiger charge is -2.32. The second-order valence-electron chi connectivity index (χ2n) is 6.46. The van der Waals surface area contributed by atoms with Gasteiger partial charge >= 0.3 is 5.97 Å². The van der Waals surface area contributed by atoms with Gasteiger partial charge in [0.25, 0.3) is 0 Å². The first-order chi connectivity index (χ1) is 8.53. The Kier molecular flexibility index (Phi) is 2.65. The molecule has 3 rings (SSSR count). The van der Waals surface area contributed by atoms with Gasteiger partial charge < -0.3 is 10.0 Å². The van der Waals surface area contributed by atoms with Crippen molar-refractivity contribution in [3.05, 3.63) is 0 Å². The molecule has 0 radical (unpaired) electrons. The quantitative estimate of drug-likeness (QED) is 0.817. The van der Waals surface area contributed by atoms with Gasteiger partial charge in [-0.05, 0) is 32.1 Å². The molecule has 3 unspecified atom stereocenters. The summed E-state index contributed by atoms with van der Waals surface area (Å²) in [6.45, 7) is 2.07. The number of rotatable bonds is 2. The molecule has 0 aromatic heterocycles. The van der Waals surface area contributed by atoms with Gasteiger partial charge in [0.1, 0.15) is 0 Å². The summed E-state index contributed by atoms with van der Waals surface area (Å²) in [4.78, 5) is 25.9. The van der Waals surface area contributed by atoms with Crippen molar-refractivity contribution >= 4 is 11.9 Å². The van der Waals surface area contributed by atoms with Crippen molar-refractivity contribution in [1.29, 1.82) is 0 Å². The smallest absolute Gasteiger partial charge is 0.308 e. The molecule has 2 aliphatic heterocycles. The highest BCUT2D eigenvalue weighted by Gasteiger charge is 2.54. The number of carbonyl (C=O) groups is 2. The maximum Gasteiger partial charge on any atom is 0.308 e. The predicted octanol–water partition coefficient (Wildman–Crippen LogP) is 2.03. The van der Waals surface area contributed by atoms with Crippen LogP contribution in [0.4, 0.5) is 0 Å². The highest BCUT2D eigenvalue weighted by molar-refractivity contribution is 5.85. The van der Waals surface area contributed by atoms with Crippen molar-refractivity contribution in [2.75, 3.05) is 0 Å². The molecule has 1 amide bonds. The maximum absolute atomic E-state index is 12.7. The highest BCUT2D eigenvalue weighted by Crippen LogP contribution is 2.47. The minimum Gasteiger partial charge on any atom is -0.481 e. The lowest BCUT2D eigenvalue weighted by molar-refractivity contribution is -0.145. The molecule has 18 heavy (non-hydrogen) atoms. The normalized spacial score (nSPS) is 37.2.